The summed E-state index contributed by atoms with van der Waals surface area (Å²) in [5.74, 6) is 0.291. The van der Waals surface area contributed by atoms with Gasteiger partial charge in [0.1, 0.15) is 0 Å². The molecular weight excluding hydrogens is 572 g/mol. The van der Waals surface area contributed by atoms with Crippen molar-refractivity contribution < 1.29 is 9.59 Å². The lowest BCUT2D eigenvalue weighted by molar-refractivity contribution is -0.150. The fourth-order valence-corrected chi connectivity index (χ4v) is 10.7. The monoisotopic (exact) mass is 614 g/mol. The van der Waals surface area contributed by atoms with Crippen LogP contribution in [0.1, 0.15) is 90.0 Å². The Labute approximate surface area is 270 Å². The molecule has 2 aromatic carbocycles. The molecule has 2 amide bonds. The fourth-order valence-electron chi connectivity index (χ4n) is 10.7. The number of hydrogen-bond acceptors (Lipinski definition) is 6. The summed E-state index contributed by atoms with van der Waals surface area (Å²) in [7, 11) is 0. The molecule has 1 saturated heterocycles. The van der Waals surface area contributed by atoms with Crippen molar-refractivity contribution in [2.75, 3.05) is 26.2 Å². The average molecular weight is 615 g/mol. The highest BCUT2D eigenvalue weighted by atomic mass is 16.2. The molecule has 5 aliphatic rings. The van der Waals surface area contributed by atoms with Crippen molar-refractivity contribution in [3.8, 4) is 0 Å². The van der Waals surface area contributed by atoms with Crippen LogP contribution in [0.15, 0.2) is 48.5 Å². The molecule has 4 bridgehead atoms. The molecule has 8 heteroatoms. The molecule has 0 spiro atoms. The van der Waals surface area contributed by atoms with E-state index in [1.807, 2.05) is 58.3 Å². The van der Waals surface area contributed by atoms with E-state index in [1.165, 1.54) is 0 Å². The highest BCUT2D eigenvalue weighted by Gasteiger charge is 2.75. The van der Waals surface area contributed by atoms with Crippen molar-refractivity contribution >= 4 is 33.9 Å². The van der Waals surface area contributed by atoms with Gasteiger partial charge in [0.05, 0.1) is 55.7 Å². The predicted molar refractivity (Wildman–Crippen MR) is 176 cm³/mol. The predicted octanol–water partition coefficient (Wildman–Crippen LogP) is 5.60. The maximum atomic E-state index is 14.9. The van der Waals surface area contributed by atoms with E-state index in [2.05, 4.69) is 41.5 Å². The first-order valence-electron chi connectivity index (χ1n) is 17.0. The quantitative estimate of drug-likeness (QED) is 0.292. The number of benzene rings is 2. The lowest BCUT2D eigenvalue weighted by atomic mass is 9.63. The zero-order valence-corrected chi connectivity index (χ0v) is 27.8. The smallest absolute Gasteiger partial charge is 0.235 e. The van der Waals surface area contributed by atoms with E-state index in [-0.39, 0.29) is 33.5 Å². The van der Waals surface area contributed by atoms with Crippen molar-refractivity contribution in [1.82, 2.24) is 29.7 Å². The van der Waals surface area contributed by atoms with Gasteiger partial charge in [-0.05, 0) is 60.8 Å². The van der Waals surface area contributed by atoms with Gasteiger partial charge in [-0.15, -0.1) is 0 Å². The van der Waals surface area contributed by atoms with Crippen molar-refractivity contribution in [2.24, 2.45) is 10.8 Å². The summed E-state index contributed by atoms with van der Waals surface area (Å²) in [6, 6.07) is 16.0. The first kappa shape index (κ1) is 28.3. The number of hydrogen-bond donors (Lipinski definition) is 0. The van der Waals surface area contributed by atoms with Gasteiger partial charge in [-0.1, -0.05) is 65.8 Å². The van der Waals surface area contributed by atoms with Gasteiger partial charge < -0.3 is 9.80 Å². The van der Waals surface area contributed by atoms with Crippen LogP contribution in [0, 0.1) is 10.8 Å². The Hall–Kier alpha value is -3.94. The van der Waals surface area contributed by atoms with Crippen molar-refractivity contribution in [3.63, 3.8) is 0 Å². The normalized spacial score (nSPS) is 33.1. The molecule has 2 saturated carbocycles. The van der Waals surface area contributed by atoms with Crippen LogP contribution in [0.4, 0.5) is 0 Å². The topological polar surface area (TPSA) is 92.2 Å². The molecule has 0 N–H and O–H groups in total. The molecule has 4 aromatic rings. The number of carbonyl (C=O) groups excluding carboxylic acids is 2. The van der Waals surface area contributed by atoms with Crippen LogP contribution in [0.5, 0.6) is 0 Å². The van der Waals surface area contributed by atoms with E-state index in [1.54, 1.807) is 0 Å². The van der Waals surface area contributed by atoms with E-state index in [4.69, 9.17) is 19.9 Å². The Balaban J connectivity index is 1.04. The maximum absolute atomic E-state index is 14.9. The average Bonchev–Trinajstić information content (AvgIpc) is 3.53. The molecule has 4 aliphatic carbocycles. The van der Waals surface area contributed by atoms with Gasteiger partial charge in [0.2, 0.25) is 11.8 Å². The maximum Gasteiger partial charge on any atom is 0.235 e. The van der Waals surface area contributed by atoms with Crippen LogP contribution in [-0.4, -0.2) is 67.7 Å². The molecule has 46 heavy (non-hydrogen) atoms. The van der Waals surface area contributed by atoms with Gasteiger partial charge in [0.25, 0.3) is 0 Å². The lowest BCUT2D eigenvalue weighted by Crippen LogP contribution is -2.61. The fraction of sp³-hybridized carbons (Fsp3) is 0.526. The van der Waals surface area contributed by atoms with Crippen LogP contribution in [0.2, 0.25) is 0 Å². The van der Waals surface area contributed by atoms with Crippen LogP contribution in [0.25, 0.3) is 22.1 Å². The number of nitrogens with zero attached hydrogens (tertiary/aromatic N) is 6. The summed E-state index contributed by atoms with van der Waals surface area (Å²) in [4.78, 5) is 54.4. The molecule has 4 atom stereocenters. The summed E-state index contributed by atoms with van der Waals surface area (Å²) in [5.41, 5.74) is 4.59. The van der Waals surface area contributed by atoms with Crippen molar-refractivity contribution in [3.05, 3.63) is 71.3 Å². The van der Waals surface area contributed by atoms with E-state index < -0.39 is 10.8 Å². The van der Waals surface area contributed by atoms with Crippen LogP contribution in [0.3, 0.4) is 0 Å². The van der Waals surface area contributed by atoms with Crippen molar-refractivity contribution in [1.29, 1.82) is 0 Å². The van der Waals surface area contributed by atoms with Gasteiger partial charge in [-0.3, -0.25) is 9.59 Å². The number of para-hydroxylation sites is 4. The number of amides is 2. The van der Waals surface area contributed by atoms with Crippen LogP contribution in [-0.2, 0) is 31.2 Å². The molecule has 0 radical (unpaired) electrons. The third-order valence-corrected chi connectivity index (χ3v) is 14.5. The number of carbonyl (C=O) groups is 2. The summed E-state index contributed by atoms with van der Waals surface area (Å²) in [6.07, 6.45) is 3.37. The highest BCUT2D eigenvalue weighted by molar-refractivity contribution is 5.95. The molecule has 1 aliphatic heterocycles. The second kappa shape index (κ2) is 8.50. The van der Waals surface area contributed by atoms with Crippen LogP contribution < -0.4 is 0 Å². The molecule has 3 fully saturated rings. The third kappa shape index (κ3) is 2.86. The Morgan fingerprint density at radius 2 is 0.804 bits per heavy atom. The molecular formula is C38H42N6O2. The van der Waals surface area contributed by atoms with E-state index in [9.17, 15) is 9.59 Å². The molecule has 0 unspecified atom stereocenters. The number of piperazine rings is 1. The molecule has 3 heterocycles. The Bertz CT molecular complexity index is 1890. The summed E-state index contributed by atoms with van der Waals surface area (Å²) < 4.78 is 0. The first-order valence-corrected chi connectivity index (χ1v) is 17.0. The molecule has 236 valence electrons. The zero-order valence-electron chi connectivity index (χ0n) is 27.8. The SMILES string of the molecule is CC1(C)[C@@]2(C)CC[C@]1(C(=O)N1CCN(C(=O)[C@]34CC[C@](C)(c5nc6ccccc6nc53)C4(C)C)CC1)c1nc3ccccc3nc12. The minimum absolute atomic E-state index is 0.145. The molecule has 9 rings (SSSR count). The summed E-state index contributed by atoms with van der Waals surface area (Å²) in [5, 5.41) is 0. The Morgan fingerprint density at radius 1 is 0.500 bits per heavy atom. The zero-order chi connectivity index (χ0) is 32.1. The third-order valence-electron chi connectivity index (χ3n) is 14.5. The lowest BCUT2D eigenvalue weighted by Gasteiger charge is -2.46. The second-order valence-electron chi connectivity index (χ2n) is 16.1. The van der Waals surface area contributed by atoms with Gasteiger partial charge in [-0.2, -0.15) is 0 Å². The highest BCUT2D eigenvalue weighted by Crippen LogP contribution is 2.72. The van der Waals surface area contributed by atoms with E-state index >= 15 is 0 Å². The molecule has 8 nitrogen and oxygen atoms in total. The minimum Gasteiger partial charge on any atom is -0.338 e. The second-order valence-corrected chi connectivity index (χ2v) is 16.1. The van der Waals surface area contributed by atoms with Gasteiger partial charge >= 0.3 is 0 Å². The van der Waals surface area contributed by atoms with Gasteiger partial charge in [0, 0.05) is 37.0 Å². The largest absolute Gasteiger partial charge is 0.338 e. The van der Waals surface area contributed by atoms with Gasteiger partial charge in [0.15, 0.2) is 0 Å². The van der Waals surface area contributed by atoms with Crippen LogP contribution >= 0.6 is 0 Å². The number of aromatic nitrogens is 4. The minimum atomic E-state index is -0.727. The summed E-state index contributed by atoms with van der Waals surface area (Å²) >= 11 is 0. The summed E-state index contributed by atoms with van der Waals surface area (Å²) in [6.45, 7) is 15.6. The molecule has 2 aromatic heterocycles. The van der Waals surface area contributed by atoms with E-state index in [0.717, 1.165) is 70.5 Å². The van der Waals surface area contributed by atoms with Crippen molar-refractivity contribution in [2.45, 2.75) is 88.9 Å². The number of rotatable bonds is 2. The number of fused-ring (bicyclic) bond motifs is 12. The van der Waals surface area contributed by atoms with Gasteiger partial charge in [-0.25, -0.2) is 19.9 Å². The Morgan fingerprint density at radius 3 is 1.13 bits per heavy atom. The standard InChI is InChI=1S/C38H42N6O2/c1-33(2)35(5)15-17-37(33,29-27(35)39-23-11-7-9-13-25(23)41-29)31(45)43-19-21-44(22-20-43)32(46)38-18-16-36(6,34(38,3)4)28-30(38)42-26-14-10-8-12-24(26)40-28/h7-14H,15-22H2,1-6H3/t35-,36+,37+,38-. The van der Waals surface area contributed by atoms with E-state index in [0.29, 0.717) is 26.2 Å². The first-order chi connectivity index (χ1) is 21.8. The Kier molecular flexibility index (Phi) is 5.23.